The van der Waals surface area contributed by atoms with E-state index in [0.29, 0.717) is 11.2 Å². The number of aliphatic imine (C=N–C) groups is 1. The van der Waals surface area contributed by atoms with Gasteiger partial charge in [0.1, 0.15) is 5.60 Å². The van der Waals surface area contributed by atoms with Gasteiger partial charge in [-0.25, -0.2) is 14.6 Å². The van der Waals surface area contributed by atoms with Gasteiger partial charge in [0.15, 0.2) is 0 Å². The van der Waals surface area contributed by atoms with Crippen LogP contribution < -0.4 is 16.1 Å². The van der Waals surface area contributed by atoms with Crippen molar-refractivity contribution in [1.29, 1.82) is 0 Å². The van der Waals surface area contributed by atoms with E-state index in [4.69, 9.17) is 9.84 Å². The Labute approximate surface area is 197 Å². The highest BCUT2D eigenvalue weighted by Gasteiger charge is 2.42. The Morgan fingerprint density at radius 2 is 1.94 bits per heavy atom. The number of aliphatic carboxylic acids is 1. The molecule has 180 valence electrons. The third-order valence-corrected chi connectivity index (χ3v) is 6.52. The van der Waals surface area contributed by atoms with Gasteiger partial charge in [-0.2, -0.15) is 11.8 Å². The average Bonchev–Trinajstić information content (AvgIpc) is 3.26. The molecule has 0 spiro atoms. The van der Waals surface area contributed by atoms with Crippen LogP contribution in [0.2, 0.25) is 0 Å². The molecule has 3 heterocycles. The van der Waals surface area contributed by atoms with E-state index in [0.717, 1.165) is 30.7 Å². The average molecular weight is 478 g/mol. The van der Waals surface area contributed by atoms with Crippen LogP contribution in [-0.4, -0.2) is 62.9 Å². The number of hydrazine groups is 1. The molecular weight excluding hydrogens is 446 g/mol. The summed E-state index contributed by atoms with van der Waals surface area (Å²) < 4.78 is 5.17. The summed E-state index contributed by atoms with van der Waals surface area (Å²) in [5.41, 5.74) is 3.04. The van der Waals surface area contributed by atoms with Gasteiger partial charge in [-0.3, -0.25) is 10.2 Å². The molecule has 33 heavy (non-hydrogen) atoms. The fraction of sp³-hybridized carbons (Fsp3) is 0.545. The van der Waals surface area contributed by atoms with E-state index in [2.05, 4.69) is 21.1 Å². The standard InChI is InChI=1S/C12H15N3O2.C10H16N2O3S/c1-12(2,3)17-11(16)15-10(14-15)13-9-7-5-4-6-8-9;13-8(14)4-2-1-3-7-9-6(5-16-7)11-10(15)12-9/h4-8H,1-3H3,(H,13,14);6-7,9H,1-5H2,(H,13,14)(H2,11,12,15)/t;6-,7-,9-/m.0/s1. The molecule has 0 unspecified atom stereocenters. The maximum Gasteiger partial charge on any atom is 0.436 e. The van der Waals surface area contributed by atoms with E-state index < -0.39 is 17.7 Å². The second-order valence-electron chi connectivity index (χ2n) is 8.96. The van der Waals surface area contributed by atoms with Crippen LogP contribution in [0.25, 0.3) is 0 Å². The van der Waals surface area contributed by atoms with Gasteiger partial charge in [-0.05, 0) is 45.7 Å². The number of thioether (sulfide) groups is 1. The molecule has 1 aromatic carbocycles. The van der Waals surface area contributed by atoms with Crippen LogP contribution in [0, 0.1) is 0 Å². The minimum absolute atomic E-state index is 0.0640. The van der Waals surface area contributed by atoms with E-state index in [9.17, 15) is 14.4 Å². The Morgan fingerprint density at radius 3 is 2.61 bits per heavy atom. The first-order chi connectivity index (χ1) is 15.6. The van der Waals surface area contributed by atoms with Crippen molar-refractivity contribution in [3.63, 3.8) is 0 Å². The predicted octanol–water partition coefficient (Wildman–Crippen LogP) is 3.23. The minimum atomic E-state index is -0.729. The first-order valence-corrected chi connectivity index (χ1v) is 12.0. The highest BCUT2D eigenvalue weighted by Crippen LogP contribution is 2.33. The van der Waals surface area contributed by atoms with E-state index >= 15 is 0 Å². The van der Waals surface area contributed by atoms with Gasteiger partial charge >= 0.3 is 18.1 Å². The zero-order chi connectivity index (χ0) is 24.0. The number of benzene rings is 1. The Balaban J connectivity index is 0.000000186. The lowest BCUT2D eigenvalue weighted by atomic mass is 10.0. The number of hydrogen-bond donors (Lipinski definition) is 4. The van der Waals surface area contributed by atoms with Gasteiger partial charge in [0.2, 0.25) is 5.96 Å². The monoisotopic (exact) mass is 477 g/mol. The molecule has 11 heteroatoms. The van der Waals surface area contributed by atoms with Crippen molar-refractivity contribution in [3.05, 3.63) is 30.3 Å². The number of nitrogens with one attached hydrogen (secondary N) is 3. The lowest BCUT2D eigenvalue weighted by molar-refractivity contribution is -0.137. The van der Waals surface area contributed by atoms with Crippen LogP contribution >= 0.6 is 11.8 Å². The number of nitrogens with zero attached hydrogens (tertiary/aromatic N) is 2. The van der Waals surface area contributed by atoms with Crippen molar-refractivity contribution >= 4 is 41.5 Å². The second kappa shape index (κ2) is 10.8. The number of para-hydroxylation sites is 1. The summed E-state index contributed by atoms with van der Waals surface area (Å²) in [5, 5.41) is 16.1. The summed E-state index contributed by atoms with van der Waals surface area (Å²) in [4.78, 5) is 37.3. The summed E-state index contributed by atoms with van der Waals surface area (Å²) in [6.07, 6.45) is 2.44. The first kappa shape index (κ1) is 24.7. The largest absolute Gasteiger partial charge is 0.481 e. The van der Waals surface area contributed by atoms with Gasteiger partial charge in [-0.1, -0.05) is 24.6 Å². The third-order valence-electron chi connectivity index (χ3n) is 5.01. The number of amides is 3. The highest BCUT2D eigenvalue weighted by molar-refractivity contribution is 8.00. The molecule has 3 fully saturated rings. The van der Waals surface area contributed by atoms with Crippen molar-refractivity contribution in [2.24, 2.45) is 4.99 Å². The van der Waals surface area contributed by atoms with Crippen LogP contribution in [0.4, 0.5) is 15.3 Å². The van der Waals surface area contributed by atoms with Crippen LogP contribution in [0.15, 0.2) is 35.3 Å². The number of fused-ring (bicyclic) bond motifs is 1. The molecule has 4 N–H and O–H groups in total. The Bertz CT molecular complexity index is 889. The highest BCUT2D eigenvalue weighted by atomic mass is 32.2. The van der Waals surface area contributed by atoms with Crippen molar-refractivity contribution in [1.82, 2.24) is 21.1 Å². The number of carboxylic acid groups (broad SMARTS) is 1. The number of carbonyl (C=O) groups excluding carboxylic acids is 2. The fourth-order valence-electron chi connectivity index (χ4n) is 3.48. The summed E-state index contributed by atoms with van der Waals surface area (Å²) >= 11 is 1.87. The number of urea groups is 1. The van der Waals surface area contributed by atoms with Crippen molar-refractivity contribution in [3.8, 4) is 0 Å². The van der Waals surface area contributed by atoms with E-state index in [1.165, 1.54) is 5.01 Å². The van der Waals surface area contributed by atoms with Crippen molar-refractivity contribution in [2.45, 2.75) is 69.4 Å². The molecule has 10 nitrogen and oxygen atoms in total. The Morgan fingerprint density at radius 1 is 1.21 bits per heavy atom. The lowest BCUT2D eigenvalue weighted by Crippen LogP contribution is -2.36. The zero-order valence-electron chi connectivity index (χ0n) is 19.0. The van der Waals surface area contributed by atoms with Gasteiger partial charge in [-0.15, -0.1) is 5.01 Å². The molecule has 3 atom stereocenters. The molecule has 0 bridgehead atoms. The Hall–Kier alpha value is -2.95. The number of guanidine groups is 1. The van der Waals surface area contributed by atoms with Crippen LogP contribution in [0.3, 0.4) is 0 Å². The molecule has 3 amide bonds. The number of carboxylic acids is 1. The second-order valence-corrected chi connectivity index (χ2v) is 10.2. The molecular formula is C22H31N5O5S. The quantitative estimate of drug-likeness (QED) is 0.280. The summed E-state index contributed by atoms with van der Waals surface area (Å²) in [6.45, 7) is 5.47. The Kier molecular flexibility index (Phi) is 8.06. The predicted molar refractivity (Wildman–Crippen MR) is 126 cm³/mol. The summed E-state index contributed by atoms with van der Waals surface area (Å²) in [6, 6.07) is 9.85. The first-order valence-electron chi connectivity index (χ1n) is 11.0. The molecule has 0 aromatic heterocycles. The summed E-state index contributed by atoms with van der Waals surface area (Å²) in [7, 11) is 0. The van der Waals surface area contributed by atoms with E-state index in [1.54, 1.807) is 0 Å². The number of rotatable bonds is 6. The number of hydrogen-bond acceptors (Lipinski definition) is 6. The van der Waals surface area contributed by atoms with Crippen LogP contribution in [-0.2, 0) is 9.53 Å². The molecule has 0 radical (unpaired) electrons. The van der Waals surface area contributed by atoms with Crippen molar-refractivity contribution in [2.75, 3.05) is 5.75 Å². The molecule has 1 aromatic rings. The molecule has 3 aliphatic heterocycles. The van der Waals surface area contributed by atoms with Crippen LogP contribution in [0.1, 0.15) is 46.5 Å². The topological polar surface area (TPSA) is 142 Å². The SMILES string of the molecule is CC(C)(C)OC(=O)N1NC1=Nc1ccccc1.O=C(O)CCCC[C@@H]1SC[C@@H]2NC(=O)N[C@@H]21. The van der Waals surface area contributed by atoms with Gasteiger partial charge in [0.25, 0.3) is 0 Å². The number of unbranched alkanes of at least 4 members (excludes halogenated alkanes) is 1. The smallest absolute Gasteiger partial charge is 0.436 e. The van der Waals surface area contributed by atoms with Gasteiger partial charge in [0.05, 0.1) is 17.8 Å². The maximum absolute atomic E-state index is 11.6. The molecule has 4 rings (SSSR count). The molecule has 0 aliphatic carbocycles. The zero-order valence-corrected chi connectivity index (χ0v) is 19.9. The van der Waals surface area contributed by atoms with Gasteiger partial charge in [0, 0.05) is 17.4 Å². The maximum atomic E-state index is 11.6. The molecule has 0 saturated carbocycles. The number of carbonyl (C=O) groups is 3. The third kappa shape index (κ3) is 7.85. The number of ether oxygens (including phenoxy) is 1. The van der Waals surface area contributed by atoms with E-state index in [-0.39, 0.29) is 24.5 Å². The molecule has 3 aliphatic rings. The normalized spacial score (nSPS) is 24.1. The summed E-state index contributed by atoms with van der Waals surface area (Å²) in [5.74, 6) is 0.741. The van der Waals surface area contributed by atoms with Crippen molar-refractivity contribution < 1.29 is 24.2 Å². The van der Waals surface area contributed by atoms with Crippen LogP contribution in [0.5, 0.6) is 0 Å². The van der Waals surface area contributed by atoms with Gasteiger partial charge < -0.3 is 20.5 Å². The molecule has 3 saturated heterocycles. The van der Waals surface area contributed by atoms with E-state index in [1.807, 2.05) is 62.9 Å². The lowest BCUT2D eigenvalue weighted by Gasteiger charge is -2.18. The minimum Gasteiger partial charge on any atom is -0.481 e. The fourth-order valence-corrected chi connectivity index (χ4v) is 5.02.